The first kappa shape index (κ1) is 14.9. The van der Waals surface area contributed by atoms with Crippen LogP contribution in [0.3, 0.4) is 0 Å². The topological polar surface area (TPSA) is 76.4 Å². The highest BCUT2D eigenvalue weighted by atomic mass is 35.7. The third-order valence-corrected chi connectivity index (χ3v) is 3.82. The molecule has 2 aromatic rings. The Kier molecular flexibility index (Phi) is 4.37. The first-order valence-corrected chi connectivity index (χ1v) is 8.12. The minimum absolute atomic E-state index is 0.0495. The van der Waals surface area contributed by atoms with Gasteiger partial charge >= 0.3 is 0 Å². The fourth-order valence-electron chi connectivity index (χ4n) is 1.46. The van der Waals surface area contributed by atoms with E-state index in [2.05, 4.69) is 5.32 Å². The molecule has 20 heavy (non-hydrogen) atoms. The Morgan fingerprint density at radius 1 is 1.15 bits per heavy atom. The van der Waals surface area contributed by atoms with Crippen LogP contribution in [0.25, 0.3) is 0 Å². The number of amides is 1. The molecule has 0 spiro atoms. The Morgan fingerprint density at radius 3 is 2.35 bits per heavy atom. The van der Waals surface area contributed by atoms with Crippen molar-refractivity contribution in [1.82, 2.24) is 5.32 Å². The van der Waals surface area contributed by atoms with E-state index in [-0.39, 0.29) is 23.3 Å². The maximum absolute atomic E-state index is 11.8. The highest BCUT2D eigenvalue weighted by Gasteiger charge is 2.15. The minimum Gasteiger partial charge on any atom is -0.446 e. The summed E-state index contributed by atoms with van der Waals surface area (Å²) in [6, 6.07) is 9.01. The summed E-state index contributed by atoms with van der Waals surface area (Å²) in [7, 11) is 1.22. The molecule has 0 aliphatic heterocycles. The number of carbonyl (C=O) groups excluding carboxylic acids is 1. The Morgan fingerprint density at radius 2 is 1.80 bits per heavy atom. The molecular formula is C12H9Cl2NO4S. The van der Waals surface area contributed by atoms with Gasteiger partial charge in [0.05, 0.1) is 6.54 Å². The molecule has 1 N–H and O–H groups in total. The second-order valence-corrected chi connectivity index (χ2v) is 6.78. The van der Waals surface area contributed by atoms with E-state index in [1.807, 2.05) is 0 Å². The van der Waals surface area contributed by atoms with Gasteiger partial charge in [0, 0.05) is 21.3 Å². The summed E-state index contributed by atoms with van der Waals surface area (Å²) in [6.07, 6.45) is 0. The molecule has 8 heteroatoms. The highest BCUT2D eigenvalue weighted by Crippen LogP contribution is 2.18. The monoisotopic (exact) mass is 333 g/mol. The normalized spacial score (nSPS) is 11.3. The van der Waals surface area contributed by atoms with Gasteiger partial charge in [-0.3, -0.25) is 4.79 Å². The average molecular weight is 334 g/mol. The molecule has 0 bridgehead atoms. The molecule has 1 aromatic carbocycles. The van der Waals surface area contributed by atoms with Crippen LogP contribution in [0.5, 0.6) is 0 Å². The molecule has 2 rings (SSSR count). The van der Waals surface area contributed by atoms with E-state index in [0.717, 1.165) is 0 Å². The minimum atomic E-state index is -3.90. The van der Waals surface area contributed by atoms with E-state index in [9.17, 15) is 13.2 Å². The van der Waals surface area contributed by atoms with Gasteiger partial charge in [-0.1, -0.05) is 11.6 Å². The van der Waals surface area contributed by atoms with Gasteiger partial charge in [-0.2, -0.15) is 0 Å². The van der Waals surface area contributed by atoms with Gasteiger partial charge in [-0.15, -0.1) is 0 Å². The molecular weight excluding hydrogens is 325 g/mol. The van der Waals surface area contributed by atoms with E-state index < -0.39 is 9.05 Å². The van der Waals surface area contributed by atoms with Gasteiger partial charge in [0.1, 0.15) is 5.76 Å². The zero-order valence-corrected chi connectivity index (χ0v) is 12.3. The number of benzene rings is 1. The van der Waals surface area contributed by atoms with E-state index in [1.54, 1.807) is 24.3 Å². The van der Waals surface area contributed by atoms with Crippen LogP contribution in [0.4, 0.5) is 0 Å². The molecule has 0 saturated carbocycles. The fraction of sp³-hybridized carbons (Fsp3) is 0.0833. The maximum Gasteiger partial charge on any atom is 0.294 e. The Hall–Kier alpha value is -1.50. The second kappa shape index (κ2) is 5.87. The highest BCUT2D eigenvalue weighted by molar-refractivity contribution is 8.13. The Balaban J connectivity index is 2.00. The number of hydrogen-bond acceptors (Lipinski definition) is 4. The molecule has 106 valence electrons. The lowest BCUT2D eigenvalue weighted by Crippen LogP contribution is -2.22. The molecule has 0 aliphatic rings. The molecule has 0 atom stereocenters. The predicted octanol–water partition coefficient (Wildman–Crippen LogP) is 2.79. The van der Waals surface area contributed by atoms with Crippen molar-refractivity contribution in [1.29, 1.82) is 0 Å². The maximum atomic E-state index is 11.8. The molecule has 0 saturated heterocycles. The van der Waals surface area contributed by atoms with Crippen LogP contribution in [0.2, 0.25) is 5.02 Å². The van der Waals surface area contributed by atoms with Crippen molar-refractivity contribution in [3.05, 3.63) is 52.7 Å². The van der Waals surface area contributed by atoms with Crippen molar-refractivity contribution < 1.29 is 17.6 Å². The number of nitrogens with one attached hydrogen (secondary N) is 1. The Bertz CT molecular complexity index is 722. The summed E-state index contributed by atoms with van der Waals surface area (Å²) in [5.74, 6) is -0.0418. The van der Waals surface area contributed by atoms with Gasteiger partial charge in [0.25, 0.3) is 15.0 Å². The molecule has 0 radical (unpaired) electrons. The lowest BCUT2D eigenvalue weighted by molar-refractivity contribution is 0.0947. The van der Waals surface area contributed by atoms with E-state index in [1.165, 1.54) is 12.1 Å². The van der Waals surface area contributed by atoms with Gasteiger partial charge < -0.3 is 9.73 Å². The molecule has 5 nitrogen and oxygen atoms in total. The van der Waals surface area contributed by atoms with Gasteiger partial charge in [-0.25, -0.2) is 8.42 Å². The van der Waals surface area contributed by atoms with Crippen molar-refractivity contribution in [3.8, 4) is 0 Å². The smallest absolute Gasteiger partial charge is 0.294 e. The average Bonchev–Trinajstić information content (AvgIpc) is 2.85. The number of rotatable bonds is 4. The predicted molar refractivity (Wildman–Crippen MR) is 74.4 cm³/mol. The molecule has 1 amide bonds. The molecule has 1 aromatic heterocycles. The largest absolute Gasteiger partial charge is 0.446 e. The van der Waals surface area contributed by atoms with E-state index in [0.29, 0.717) is 10.6 Å². The summed E-state index contributed by atoms with van der Waals surface area (Å²) in [4.78, 5) is 11.8. The van der Waals surface area contributed by atoms with Crippen molar-refractivity contribution in [2.75, 3.05) is 0 Å². The molecule has 1 heterocycles. The summed E-state index contributed by atoms with van der Waals surface area (Å²) < 4.78 is 27.0. The van der Waals surface area contributed by atoms with Crippen molar-refractivity contribution in [3.63, 3.8) is 0 Å². The summed E-state index contributed by atoms with van der Waals surface area (Å²) in [5.41, 5.74) is 0.436. The van der Waals surface area contributed by atoms with E-state index >= 15 is 0 Å². The lowest BCUT2D eigenvalue weighted by Gasteiger charge is -2.03. The van der Waals surface area contributed by atoms with Crippen LogP contribution < -0.4 is 5.32 Å². The van der Waals surface area contributed by atoms with Crippen LogP contribution >= 0.6 is 22.3 Å². The van der Waals surface area contributed by atoms with Crippen LogP contribution in [0, 0.1) is 0 Å². The zero-order valence-electron chi connectivity index (χ0n) is 9.97. The van der Waals surface area contributed by atoms with Gasteiger partial charge in [-0.05, 0) is 36.4 Å². The fourth-order valence-corrected chi connectivity index (χ4v) is 2.27. The summed E-state index contributed by atoms with van der Waals surface area (Å²) >= 11 is 5.72. The zero-order chi connectivity index (χ0) is 14.8. The van der Waals surface area contributed by atoms with Crippen LogP contribution in [-0.2, 0) is 15.6 Å². The summed E-state index contributed by atoms with van der Waals surface area (Å²) in [5, 5.41) is 2.77. The Labute approximate surface area is 124 Å². The number of halogens is 2. The van der Waals surface area contributed by atoms with Crippen LogP contribution in [-0.4, -0.2) is 14.3 Å². The van der Waals surface area contributed by atoms with Gasteiger partial charge in [0.15, 0.2) is 0 Å². The van der Waals surface area contributed by atoms with Crippen LogP contribution in [0.15, 0.2) is 45.9 Å². The SMILES string of the molecule is O=C(NCc1ccc(S(=O)(=O)Cl)o1)c1ccc(Cl)cc1. The van der Waals surface area contributed by atoms with Crippen molar-refractivity contribution in [2.45, 2.75) is 11.6 Å². The second-order valence-electron chi connectivity index (χ2n) is 3.85. The number of hydrogen-bond donors (Lipinski definition) is 1. The third kappa shape index (κ3) is 3.75. The number of furan rings is 1. The first-order valence-electron chi connectivity index (χ1n) is 5.43. The van der Waals surface area contributed by atoms with Crippen LogP contribution in [0.1, 0.15) is 16.1 Å². The molecule has 0 aliphatic carbocycles. The molecule has 0 fully saturated rings. The van der Waals surface area contributed by atoms with Gasteiger partial charge in [0.2, 0.25) is 5.09 Å². The first-order chi connectivity index (χ1) is 9.36. The van der Waals surface area contributed by atoms with E-state index in [4.69, 9.17) is 26.7 Å². The third-order valence-electron chi connectivity index (χ3n) is 2.41. The standard InChI is InChI=1S/C12H9Cl2NO4S/c13-9-3-1-8(2-4-9)12(16)15-7-10-5-6-11(19-10)20(14,17)18/h1-6H,7H2,(H,15,16). The van der Waals surface area contributed by atoms with Crippen molar-refractivity contribution in [2.24, 2.45) is 0 Å². The summed E-state index contributed by atoms with van der Waals surface area (Å²) in [6.45, 7) is 0.0495. The number of carbonyl (C=O) groups is 1. The quantitative estimate of drug-likeness (QED) is 0.873. The molecule has 0 unspecified atom stereocenters. The lowest BCUT2D eigenvalue weighted by atomic mass is 10.2. The van der Waals surface area contributed by atoms with Crippen molar-refractivity contribution >= 4 is 37.2 Å².